The zero-order valence-electron chi connectivity index (χ0n) is 14.9. The molecule has 1 unspecified atom stereocenters. The molecule has 0 saturated carbocycles. The van der Waals surface area contributed by atoms with E-state index in [0.29, 0.717) is 13.1 Å². The van der Waals surface area contributed by atoms with Crippen LogP contribution in [0.4, 0.5) is 5.69 Å². The number of hydrogen-bond acceptors (Lipinski definition) is 4. The summed E-state index contributed by atoms with van der Waals surface area (Å²) in [4.78, 5) is 29.1. The Morgan fingerprint density at radius 1 is 1.12 bits per heavy atom. The molecule has 2 saturated heterocycles. The highest BCUT2D eigenvalue weighted by molar-refractivity contribution is 5.80. The molecule has 2 aliphatic heterocycles. The van der Waals surface area contributed by atoms with Gasteiger partial charge in [0.1, 0.15) is 0 Å². The average Bonchev–Trinajstić information content (AvgIpc) is 3.36. The quantitative estimate of drug-likeness (QED) is 0.841. The number of carbonyl (C=O) groups is 1. The van der Waals surface area contributed by atoms with Crippen LogP contribution < -0.4 is 10.5 Å². The van der Waals surface area contributed by atoms with Crippen molar-refractivity contribution in [2.24, 2.45) is 5.92 Å². The normalized spacial score (nSPS) is 19.9. The van der Waals surface area contributed by atoms with Crippen LogP contribution in [-0.4, -0.2) is 46.8 Å². The van der Waals surface area contributed by atoms with Gasteiger partial charge in [-0.05, 0) is 24.8 Å². The van der Waals surface area contributed by atoms with E-state index in [4.69, 9.17) is 0 Å². The van der Waals surface area contributed by atoms with Gasteiger partial charge >= 0.3 is 0 Å². The fourth-order valence-electron chi connectivity index (χ4n) is 3.86. The van der Waals surface area contributed by atoms with Gasteiger partial charge in [0.25, 0.3) is 5.56 Å². The van der Waals surface area contributed by atoms with Crippen LogP contribution in [0, 0.1) is 5.92 Å². The number of anilines is 1. The summed E-state index contributed by atoms with van der Waals surface area (Å²) < 4.78 is 1.47. The molecular formula is C20H24N4O2. The average molecular weight is 352 g/mol. The molecule has 136 valence electrons. The van der Waals surface area contributed by atoms with Gasteiger partial charge in [0.05, 0.1) is 24.3 Å². The topological polar surface area (TPSA) is 58.4 Å². The number of nitrogens with zero attached hydrogens (tertiary/aromatic N) is 4. The zero-order valence-corrected chi connectivity index (χ0v) is 14.9. The molecule has 2 aromatic rings. The smallest absolute Gasteiger partial charge is 0.269 e. The van der Waals surface area contributed by atoms with Crippen LogP contribution in [-0.2, 0) is 11.3 Å². The highest BCUT2D eigenvalue weighted by Gasteiger charge is 2.32. The van der Waals surface area contributed by atoms with E-state index in [9.17, 15) is 9.59 Å². The third-order valence-corrected chi connectivity index (χ3v) is 5.35. The second-order valence-corrected chi connectivity index (χ2v) is 7.16. The van der Waals surface area contributed by atoms with Crippen molar-refractivity contribution in [3.8, 4) is 0 Å². The van der Waals surface area contributed by atoms with Gasteiger partial charge < -0.3 is 9.80 Å². The summed E-state index contributed by atoms with van der Waals surface area (Å²) in [6.07, 6.45) is 4.83. The number of amides is 1. The van der Waals surface area contributed by atoms with Crippen LogP contribution in [0.1, 0.15) is 24.8 Å². The molecule has 6 nitrogen and oxygen atoms in total. The number of hydrogen-bond donors (Lipinski definition) is 0. The summed E-state index contributed by atoms with van der Waals surface area (Å²) in [6, 6.07) is 11.5. The predicted octanol–water partition coefficient (Wildman–Crippen LogP) is 1.74. The number of carbonyl (C=O) groups excluding carboxylic acids is 1. The van der Waals surface area contributed by atoms with Gasteiger partial charge in [0.15, 0.2) is 0 Å². The molecule has 6 heteroatoms. The van der Waals surface area contributed by atoms with Gasteiger partial charge in [-0.3, -0.25) is 9.59 Å². The largest absolute Gasteiger partial charge is 0.369 e. The second-order valence-electron chi connectivity index (χ2n) is 7.16. The monoisotopic (exact) mass is 352 g/mol. The van der Waals surface area contributed by atoms with Crippen LogP contribution in [0.5, 0.6) is 0 Å². The van der Waals surface area contributed by atoms with E-state index in [1.165, 1.54) is 4.68 Å². The molecule has 0 aliphatic carbocycles. The van der Waals surface area contributed by atoms with Gasteiger partial charge in [-0.15, -0.1) is 0 Å². The highest BCUT2D eigenvalue weighted by atomic mass is 16.2. The summed E-state index contributed by atoms with van der Waals surface area (Å²) in [7, 11) is 0. The number of rotatable bonds is 4. The molecule has 1 amide bonds. The minimum absolute atomic E-state index is 0.0415. The van der Waals surface area contributed by atoms with Crippen molar-refractivity contribution in [2.75, 3.05) is 31.1 Å². The second kappa shape index (κ2) is 7.32. The van der Waals surface area contributed by atoms with Gasteiger partial charge in [-0.1, -0.05) is 30.3 Å². The first-order chi connectivity index (χ1) is 12.7. The third kappa shape index (κ3) is 3.49. The van der Waals surface area contributed by atoms with Crippen LogP contribution in [0.25, 0.3) is 0 Å². The summed E-state index contributed by atoms with van der Waals surface area (Å²) in [6.45, 7) is 3.74. The number of likely N-dealkylation sites (tertiary alicyclic amines) is 1. The molecule has 1 atom stereocenters. The van der Waals surface area contributed by atoms with Crippen LogP contribution in [0.2, 0.25) is 0 Å². The number of benzene rings is 1. The summed E-state index contributed by atoms with van der Waals surface area (Å²) in [5.74, 6) is 0.315. The zero-order chi connectivity index (χ0) is 17.9. The standard InChI is InChI=1S/C20H24N4O2/c25-19-12-18(13-21-24(19)14-16-6-2-1-3-7-16)23-11-8-17(15-23)20(26)22-9-4-5-10-22/h1-3,6-7,12-13,17H,4-5,8-11,14-15H2. The minimum Gasteiger partial charge on any atom is -0.369 e. The van der Waals surface area contributed by atoms with Crippen LogP contribution >= 0.6 is 0 Å². The van der Waals surface area contributed by atoms with Crippen molar-refractivity contribution in [1.82, 2.24) is 14.7 Å². The van der Waals surface area contributed by atoms with E-state index in [1.807, 2.05) is 35.2 Å². The molecule has 0 N–H and O–H groups in total. The van der Waals surface area contributed by atoms with E-state index in [2.05, 4.69) is 10.00 Å². The molecule has 0 bridgehead atoms. The van der Waals surface area contributed by atoms with Crippen molar-refractivity contribution < 1.29 is 4.79 Å². The molecule has 1 aromatic carbocycles. The Hall–Kier alpha value is -2.63. The first-order valence-corrected chi connectivity index (χ1v) is 9.35. The molecule has 2 aliphatic rings. The van der Waals surface area contributed by atoms with Gasteiger partial charge in [0.2, 0.25) is 5.91 Å². The predicted molar refractivity (Wildman–Crippen MR) is 100 cm³/mol. The molecule has 3 heterocycles. The Morgan fingerprint density at radius 2 is 1.88 bits per heavy atom. The SMILES string of the molecule is O=C(C1CCN(c2cnn(Cc3ccccc3)c(=O)c2)C1)N1CCCC1. The van der Waals surface area contributed by atoms with Crippen molar-refractivity contribution in [3.05, 3.63) is 58.5 Å². The first-order valence-electron chi connectivity index (χ1n) is 9.35. The lowest BCUT2D eigenvalue weighted by Crippen LogP contribution is -2.35. The molecule has 0 spiro atoms. The molecule has 4 rings (SSSR count). The van der Waals surface area contributed by atoms with Gasteiger partial charge in [-0.2, -0.15) is 5.10 Å². The molecule has 26 heavy (non-hydrogen) atoms. The molecule has 1 aromatic heterocycles. The van der Waals surface area contributed by atoms with E-state index in [0.717, 1.165) is 50.1 Å². The fourth-order valence-corrected chi connectivity index (χ4v) is 3.86. The van der Waals surface area contributed by atoms with Crippen LogP contribution in [0.15, 0.2) is 47.4 Å². The number of aromatic nitrogens is 2. The van der Waals surface area contributed by atoms with Gasteiger partial charge in [0, 0.05) is 32.2 Å². The summed E-state index contributed by atoms with van der Waals surface area (Å²) >= 11 is 0. The summed E-state index contributed by atoms with van der Waals surface area (Å²) in [5.41, 5.74) is 1.75. The Kier molecular flexibility index (Phi) is 4.73. The lowest BCUT2D eigenvalue weighted by molar-refractivity contribution is -0.133. The van der Waals surface area contributed by atoms with Crippen LogP contribution in [0.3, 0.4) is 0 Å². The van der Waals surface area contributed by atoms with Gasteiger partial charge in [-0.25, -0.2) is 4.68 Å². The lowest BCUT2D eigenvalue weighted by atomic mass is 10.1. The van der Waals surface area contributed by atoms with Crippen molar-refractivity contribution in [3.63, 3.8) is 0 Å². The first kappa shape index (κ1) is 16.8. The Labute approximate surface area is 153 Å². The van der Waals surface area contributed by atoms with Crippen molar-refractivity contribution in [1.29, 1.82) is 0 Å². The molecule has 0 radical (unpaired) electrons. The third-order valence-electron chi connectivity index (χ3n) is 5.35. The van der Waals surface area contributed by atoms with Crippen molar-refractivity contribution >= 4 is 11.6 Å². The lowest BCUT2D eigenvalue weighted by Gasteiger charge is -2.21. The molecular weight excluding hydrogens is 328 g/mol. The van der Waals surface area contributed by atoms with E-state index in [1.54, 1.807) is 12.3 Å². The summed E-state index contributed by atoms with van der Waals surface area (Å²) in [5, 5.41) is 4.33. The fraction of sp³-hybridized carbons (Fsp3) is 0.450. The molecule has 2 fully saturated rings. The van der Waals surface area contributed by atoms with Crippen molar-refractivity contribution in [2.45, 2.75) is 25.8 Å². The maximum Gasteiger partial charge on any atom is 0.269 e. The maximum atomic E-state index is 12.6. The van der Waals surface area contributed by atoms with E-state index < -0.39 is 0 Å². The Balaban J connectivity index is 1.43. The Bertz CT molecular complexity index is 827. The van der Waals surface area contributed by atoms with E-state index >= 15 is 0 Å². The highest BCUT2D eigenvalue weighted by Crippen LogP contribution is 2.25. The van der Waals surface area contributed by atoms with E-state index in [-0.39, 0.29) is 17.4 Å². The maximum absolute atomic E-state index is 12.6. The Morgan fingerprint density at radius 3 is 2.62 bits per heavy atom. The minimum atomic E-state index is -0.110.